The molecule has 0 amide bonds. The Morgan fingerprint density at radius 2 is 2.21 bits per heavy atom. The van der Waals surface area contributed by atoms with Crippen LogP contribution in [0.25, 0.3) is 11.0 Å². The number of rotatable bonds is 1. The van der Waals surface area contributed by atoms with Gasteiger partial charge < -0.3 is 9.15 Å². The molecule has 0 aliphatic rings. The highest BCUT2D eigenvalue weighted by molar-refractivity contribution is 7.80. The van der Waals surface area contributed by atoms with Crippen molar-refractivity contribution in [2.45, 2.75) is 4.90 Å². The number of hydrogen-bond acceptors (Lipinski definition) is 4. The number of ether oxygens (including phenoxy) is 1. The van der Waals surface area contributed by atoms with E-state index >= 15 is 0 Å². The molecule has 14 heavy (non-hydrogen) atoms. The quantitative estimate of drug-likeness (QED) is 0.578. The molecule has 0 fully saturated rings. The fourth-order valence-electron chi connectivity index (χ4n) is 1.22. The summed E-state index contributed by atoms with van der Waals surface area (Å²) in [7, 11) is 1.32. The van der Waals surface area contributed by atoms with Crippen molar-refractivity contribution in [3.05, 3.63) is 30.0 Å². The monoisotopic (exact) mass is 208 g/mol. The first-order valence-corrected chi connectivity index (χ1v) is 4.46. The standard InChI is InChI=1S/C10H8O3S/c1-12-10(11)9-4-6-2-3-7(14)5-8(6)13-9/h2-5,14H,1H3. The fourth-order valence-corrected chi connectivity index (χ4v) is 1.41. The second kappa shape index (κ2) is 3.38. The minimum Gasteiger partial charge on any atom is -0.463 e. The van der Waals surface area contributed by atoms with Crippen molar-refractivity contribution in [2.24, 2.45) is 0 Å². The topological polar surface area (TPSA) is 39.4 Å². The average Bonchev–Trinajstić information content (AvgIpc) is 2.59. The first-order valence-electron chi connectivity index (χ1n) is 4.01. The lowest BCUT2D eigenvalue weighted by molar-refractivity contribution is 0.0567. The van der Waals surface area contributed by atoms with Crippen LogP contribution in [0.5, 0.6) is 0 Å². The minimum absolute atomic E-state index is 0.210. The minimum atomic E-state index is -0.470. The van der Waals surface area contributed by atoms with E-state index in [1.165, 1.54) is 7.11 Å². The van der Waals surface area contributed by atoms with E-state index in [9.17, 15) is 4.79 Å². The molecule has 0 aliphatic heterocycles. The molecule has 3 nitrogen and oxygen atoms in total. The smallest absolute Gasteiger partial charge is 0.373 e. The first-order chi connectivity index (χ1) is 6.70. The molecule has 2 rings (SSSR count). The summed E-state index contributed by atoms with van der Waals surface area (Å²) in [4.78, 5) is 11.9. The number of furan rings is 1. The molecule has 0 saturated carbocycles. The zero-order valence-electron chi connectivity index (χ0n) is 7.48. The van der Waals surface area contributed by atoms with E-state index in [1.807, 2.05) is 12.1 Å². The second-order valence-electron chi connectivity index (χ2n) is 2.82. The van der Waals surface area contributed by atoms with Gasteiger partial charge in [-0.2, -0.15) is 0 Å². The van der Waals surface area contributed by atoms with Crippen LogP contribution in [0.2, 0.25) is 0 Å². The molecule has 0 saturated heterocycles. The summed E-state index contributed by atoms with van der Waals surface area (Å²) >= 11 is 4.17. The molecular formula is C10H8O3S. The second-order valence-corrected chi connectivity index (χ2v) is 3.34. The summed E-state index contributed by atoms with van der Waals surface area (Å²) in [6.45, 7) is 0. The SMILES string of the molecule is COC(=O)c1cc2ccc(S)cc2o1. The third kappa shape index (κ3) is 1.48. The predicted molar refractivity (Wildman–Crippen MR) is 54.8 cm³/mol. The van der Waals surface area contributed by atoms with Gasteiger partial charge in [-0.3, -0.25) is 0 Å². The van der Waals surface area contributed by atoms with Crippen LogP contribution in [0.4, 0.5) is 0 Å². The van der Waals surface area contributed by atoms with Crippen molar-refractivity contribution < 1.29 is 13.9 Å². The number of methoxy groups -OCH3 is 1. The van der Waals surface area contributed by atoms with Crippen molar-refractivity contribution in [3.63, 3.8) is 0 Å². The Hall–Kier alpha value is -1.42. The molecule has 0 spiro atoms. The van der Waals surface area contributed by atoms with Gasteiger partial charge in [0.05, 0.1) is 7.11 Å². The van der Waals surface area contributed by atoms with E-state index < -0.39 is 5.97 Å². The molecule has 0 N–H and O–H groups in total. The van der Waals surface area contributed by atoms with Crippen LogP contribution in [0.1, 0.15) is 10.6 Å². The molecule has 2 aromatic rings. The van der Waals surface area contributed by atoms with Crippen LogP contribution in [0.15, 0.2) is 33.6 Å². The van der Waals surface area contributed by atoms with Gasteiger partial charge in [0.15, 0.2) is 0 Å². The normalized spacial score (nSPS) is 10.4. The largest absolute Gasteiger partial charge is 0.463 e. The van der Waals surface area contributed by atoms with E-state index in [-0.39, 0.29) is 5.76 Å². The van der Waals surface area contributed by atoms with Crippen LogP contribution in [-0.4, -0.2) is 13.1 Å². The Morgan fingerprint density at radius 3 is 2.93 bits per heavy atom. The fraction of sp³-hybridized carbons (Fsp3) is 0.100. The number of esters is 1. The van der Waals surface area contributed by atoms with Crippen molar-refractivity contribution in [2.75, 3.05) is 7.11 Å². The van der Waals surface area contributed by atoms with Crippen LogP contribution in [0.3, 0.4) is 0 Å². The summed E-state index contributed by atoms with van der Waals surface area (Å²) in [6.07, 6.45) is 0. The van der Waals surface area contributed by atoms with Gasteiger partial charge in [-0.05, 0) is 24.3 Å². The maximum atomic E-state index is 11.1. The van der Waals surface area contributed by atoms with Crippen molar-refractivity contribution in [1.82, 2.24) is 0 Å². The first kappa shape index (κ1) is 9.15. The van der Waals surface area contributed by atoms with Gasteiger partial charge in [0.25, 0.3) is 0 Å². The number of fused-ring (bicyclic) bond motifs is 1. The van der Waals surface area contributed by atoms with E-state index in [0.29, 0.717) is 5.58 Å². The third-order valence-electron chi connectivity index (χ3n) is 1.89. The summed E-state index contributed by atoms with van der Waals surface area (Å²) in [6, 6.07) is 7.08. The Labute approximate surface area is 86.1 Å². The lowest BCUT2D eigenvalue weighted by Gasteiger charge is -1.91. The highest BCUT2D eigenvalue weighted by Crippen LogP contribution is 2.22. The van der Waals surface area contributed by atoms with E-state index in [2.05, 4.69) is 17.4 Å². The number of carbonyl (C=O) groups excluding carboxylic acids is 1. The molecule has 0 unspecified atom stereocenters. The van der Waals surface area contributed by atoms with Gasteiger partial charge >= 0.3 is 5.97 Å². The van der Waals surface area contributed by atoms with Gasteiger partial charge in [-0.25, -0.2) is 4.79 Å². The molecule has 0 bridgehead atoms. The van der Waals surface area contributed by atoms with Gasteiger partial charge in [0, 0.05) is 10.3 Å². The Balaban J connectivity index is 2.56. The van der Waals surface area contributed by atoms with Crippen LogP contribution in [0, 0.1) is 0 Å². The van der Waals surface area contributed by atoms with Gasteiger partial charge in [-0.1, -0.05) is 0 Å². The molecule has 4 heteroatoms. The summed E-state index contributed by atoms with van der Waals surface area (Å²) < 4.78 is 9.82. The maximum absolute atomic E-state index is 11.1. The molecule has 0 radical (unpaired) electrons. The zero-order chi connectivity index (χ0) is 10.1. The van der Waals surface area contributed by atoms with Crippen molar-refractivity contribution >= 4 is 29.6 Å². The highest BCUT2D eigenvalue weighted by Gasteiger charge is 2.11. The summed E-state index contributed by atoms with van der Waals surface area (Å²) in [5.41, 5.74) is 0.637. The van der Waals surface area contributed by atoms with Crippen molar-refractivity contribution in [3.8, 4) is 0 Å². The van der Waals surface area contributed by atoms with Crippen LogP contribution in [-0.2, 0) is 4.74 Å². The molecular weight excluding hydrogens is 200 g/mol. The van der Waals surface area contributed by atoms with E-state index in [0.717, 1.165) is 10.3 Å². The van der Waals surface area contributed by atoms with Gasteiger partial charge in [0.1, 0.15) is 5.58 Å². The van der Waals surface area contributed by atoms with Crippen LogP contribution < -0.4 is 0 Å². The number of carbonyl (C=O) groups is 1. The van der Waals surface area contributed by atoms with Gasteiger partial charge in [-0.15, -0.1) is 12.6 Å². The van der Waals surface area contributed by atoms with Crippen molar-refractivity contribution in [1.29, 1.82) is 0 Å². The zero-order valence-corrected chi connectivity index (χ0v) is 8.38. The Bertz CT molecular complexity index is 487. The average molecular weight is 208 g/mol. The lowest BCUT2D eigenvalue weighted by Crippen LogP contribution is -1.97. The molecule has 0 atom stereocenters. The Morgan fingerprint density at radius 1 is 1.43 bits per heavy atom. The molecule has 1 aromatic carbocycles. The molecule has 72 valence electrons. The Kier molecular flexibility index (Phi) is 2.21. The number of benzene rings is 1. The molecule has 0 aliphatic carbocycles. The van der Waals surface area contributed by atoms with E-state index in [4.69, 9.17) is 4.42 Å². The maximum Gasteiger partial charge on any atom is 0.373 e. The van der Waals surface area contributed by atoms with Gasteiger partial charge in [0.2, 0.25) is 5.76 Å². The number of thiol groups is 1. The highest BCUT2D eigenvalue weighted by atomic mass is 32.1. The lowest BCUT2D eigenvalue weighted by atomic mass is 10.2. The summed E-state index contributed by atoms with van der Waals surface area (Å²) in [5, 5.41) is 0.864. The molecule has 1 heterocycles. The van der Waals surface area contributed by atoms with Crippen LogP contribution >= 0.6 is 12.6 Å². The third-order valence-corrected chi connectivity index (χ3v) is 2.17. The predicted octanol–water partition coefficient (Wildman–Crippen LogP) is 2.51. The molecule has 1 aromatic heterocycles. The summed E-state index contributed by atoms with van der Waals surface area (Å²) in [5.74, 6) is -0.261. The van der Waals surface area contributed by atoms with E-state index in [1.54, 1.807) is 12.1 Å². The number of hydrogen-bond donors (Lipinski definition) is 1.